The zero-order chi connectivity index (χ0) is 23.2. The predicted molar refractivity (Wildman–Crippen MR) is 128 cm³/mol. The topological polar surface area (TPSA) is 98.3 Å². The molecule has 0 aliphatic carbocycles. The summed E-state index contributed by atoms with van der Waals surface area (Å²) in [7, 11) is 6.66. The van der Waals surface area contributed by atoms with Crippen molar-refractivity contribution in [3.8, 4) is 0 Å². The minimum atomic E-state index is -0.532. The number of aromatic nitrogens is 5. The molecule has 0 unspecified atom stereocenters. The number of halogens is 2. The number of anilines is 1. The number of thiazole rings is 1. The fourth-order valence-electron chi connectivity index (χ4n) is 3.39. The number of rotatable bonds is 6. The molecule has 0 aliphatic rings. The molecule has 176 valence electrons. The second-order valence-electron chi connectivity index (χ2n) is 7.68. The van der Waals surface area contributed by atoms with Gasteiger partial charge in [0.2, 0.25) is 5.91 Å². The molecule has 1 aromatic carbocycles. The van der Waals surface area contributed by atoms with Crippen LogP contribution in [-0.4, -0.2) is 61.7 Å². The monoisotopic (exact) mass is 495 g/mol. The number of amides is 1. The SMILES string of the molecule is CN(C)CCN(C(=O)Cn1cnc2c1c(=O)n(C)c(=O)n2C)c1nc2c(F)cccc2s1.Cl. The number of imidazole rings is 1. The molecule has 0 radical (unpaired) electrons. The van der Waals surface area contributed by atoms with Crippen LogP contribution in [-0.2, 0) is 25.4 Å². The normalized spacial score (nSPS) is 11.3. The summed E-state index contributed by atoms with van der Waals surface area (Å²) in [6, 6.07) is 4.68. The average molecular weight is 496 g/mol. The number of para-hydroxylation sites is 1. The van der Waals surface area contributed by atoms with Crippen molar-refractivity contribution in [3.05, 3.63) is 51.2 Å². The van der Waals surface area contributed by atoms with Gasteiger partial charge < -0.3 is 9.47 Å². The third kappa shape index (κ3) is 4.41. The van der Waals surface area contributed by atoms with Gasteiger partial charge in [0.15, 0.2) is 16.3 Å². The van der Waals surface area contributed by atoms with Gasteiger partial charge in [-0.05, 0) is 26.2 Å². The van der Waals surface area contributed by atoms with E-state index >= 15 is 0 Å². The van der Waals surface area contributed by atoms with Crippen molar-refractivity contribution in [2.45, 2.75) is 6.54 Å². The molecular formula is C20H23ClFN7O3S. The molecule has 4 aromatic rings. The van der Waals surface area contributed by atoms with Crippen LogP contribution in [0.3, 0.4) is 0 Å². The van der Waals surface area contributed by atoms with Crippen LogP contribution in [0.4, 0.5) is 9.52 Å². The van der Waals surface area contributed by atoms with Crippen LogP contribution in [0.15, 0.2) is 34.1 Å². The molecule has 13 heteroatoms. The minimum absolute atomic E-state index is 0. The van der Waals surface area contributed by atoms with Gasteiger partial charge in [-0.2, -0.15) is 0 Å². The lowest BCUT2D eigenvalue weighted by molar-refractivity contribution is -0.119. The van der Waals surface area contributed by atoms with Crippen LogP contribution in [0.25, 0.3) is 21.4 Å². The Kier molecular flexibility index (Phi) is 7.00. The zero-order valence-corrected chi connectivity index (χ0v) is 20.1. The van der Waals surface area contributed by atoms with Crippen LogP contribution >= 0.6 is 23.7 Å². The van der Waals surface area contributed by atoms with Crippen LogP contribution in [0.2, 0.25) is 0 Å². The Morgan fingerprint density at radius 1 is 1.15 bits per heavy atom. The molecule has 0 aliphatic heterocycles. The van der Waals surface area contributed by atoms with Crippen LogP contribution in [0, 0.1) is 5.82 Å². The molecule has 0 atom stereocenters. The Bertz CT molecular complexity index is 1460. The third-order valence-corrected chi connectivity index (χ3v) is 6.23. The van der Waals surface area contributed by atoms with Gasteiger partial charge in [-0.3, -0.25) is 23.6 Å². The standard InChI is InChI=1S/C20H22FN7O3S.ClH/c1-24(2)8-9-28(19-23-15-12(21)6-5-7-13(15)32-19)14(29)10-27-11-22-17-16(27)18(30)26(4)20(31)25(17)3;/h5-7,11H,8-10H2,1-4H3;1H. The summed E-state index contributed by atoms with van der Waals surface area (Å²) in [6.07, 6.45) is 1.37. The van der Waals surface area contributed by atoms with E-state index in [0.29, 0.717) is 22.9 Å². The number of nitrogens with zero attached hydrogens (tertiary/aromatic N) is 7. The largest absolute Gasteiger partial charge is 0.332 e. The van der Waals surface area contributed by atoms with E-state index in [1.165, 1.54) is 51.9 Å². The first-order valence-corrected chi connectivity index (χ1v) is 10.6. The second-order valence-corrected chi connectivity index (χ2v) is 8.69. The van der Waals surface area contributed by atoms with Crippen molar-refractivity contribution in [1.29, 1.82) is 0 Å². The quantitative estimate of drug-likeness (QED) is 0.398. The van der Waals surface area contributed by atoms with E-state index in [-0.39, 0.29) is 41.5 Å². The van der Waals surface area contributed by atoms with Crippen LogP contribution in [0.1, 0.15) is 0 Å². The van der Waals surface area contributed by atoms with E-state index < -0.39 is 17.1 Å². The zero-order valence-electron chi connectivity index (χ0n) is 18.5. The molecule has 0 saturated heterocycles. The lowest BCUT2D eigenvalue weighted by Gasteiger charge is -2.22. The number of hydrogen-bond donors (Lipinski definition) is 0. The molecule has 3 aromatic heterocycles. The van der Waals surface area contributed by atoms with E-state index in [4.69, 9.17) is 0 Å². The maximum absolute atomic E-state index is 14.2. The van der Waals surface area contributed by atoms with E-state index in [0.717, 1.165) is 4.57 Å². The highest BCUT2D eigenvalue weighted by atomic mass is 35.5. The van der Waals surface area contributed by atoms with Gasteiger partial charge in [-0.25, -0.2) is 19.2 Å². The summed E-state index contributed by atoms with van der Waals surface area (Å²) in [5.41, 5.74) is -0.454. The van der Waals surface area contributed by atoms with Gasteiger partial charge >= 0.3 is 5.69 Å². The highest BCUT2D eigenvalue weighted by Gasteiger charge is 2.23. The summed E-state index contributed by atoms with van der Waals surface area (Å²) < 4.78 is 18.5. The molecule has 1 amide bonds. The summed E-state index contributed by atoms with van der Waals surface area (Å²) >= 11 is 1.23. The molecule has 0 spiro atoms. The smallest absolute Gasteiger partial charge is 0.315 e. The molecule has 4 rings (SSSR count). The number of aryl methyl sites for hydroxylation is 1. The van der Waals surface area contributed by atoms with Crippen molar-refractivity contribution in [1.82, 2.24) is 28.6 Å². The number of fused-ring (bicyclic) bond motifs is 2. The summed E-state index contributed by atoms with van der Waals surface area (Å²) in [5, 5.41) is 0.377. The molecule has 0 saturated carbocycles. The predicted octanol–water partition coefficient (Wildman–Crippen LogP) is 1.20. The fraction of sp³-hybridized carbons (Fsp3) is 0.350. The molecule has 10 nitrogen and oxygen atoms in total. The first kappa shape index (κ1) is 24.6. The van der Waals surface area contributed by atoms with E-state index in [1.54, 1.807) is 12.1 Å². The van der Waals surface area contributed by atoms with Crippen LogP contribution in [0.5, 0.6) is 0 Å². The summed E-state index contributed by atoms with van der Waals surface area (Å²) in [5.74, 6) is -0.781. The number of carbonyl (C=O) groups is 1. The summed E-state index contributed by atoms with van der Waals surface area (Å²) in [6.45, 7) is 0.706. The van der Waals surface area contributed by atoms with Gasteiger partial charge in [-0.1, -0.05) is 17.4 Å². The molecular weight excluding hydrogens is 473 g/mol. The number of carbonyl (C=O) groups excluding carboxylic acids is 1. The maximum Gasteiger partial charge on any atom is 0.332 e. The van der Waals surface area contributed by atoms with Gasteiger partial charge in [0.05, 0.1) is 11.0 Å². The van der Waals surface area contributed by atoms with Crippen molar-refractivity contribution >= 4 is 56.2 Å². The van der Waals surface area contributed by atoms with E-state index in [2.05, 4.69) is 9.97 Å². The van der Waals surface area contributed by atoms with Crippen LogP contribution < -0.4 is 16.1 Å². The van der Waals surface area contributed by atoms with E-state index in [1.807, 2.05) is 19.0 Å². The maximum atomic E-state index is 14.2. The Morgan fingerprint density at radius 3 is 2.55 bits per heavy atom. The average Bonchev–Trinajstić information content (AvgIpc) is 3.36. The highest BCUT2D eigenvalue weighted by molar-refractivity contribution is 7.22. The van der Waals surface area contributed by atoms with Crippen molar-refractivity contribution in [2.75, 3.05) is 32.1 Å². The molecule has 0 fully saturated rings. The number of hydrogen-bond acceptors (Lipinski definition) is 7. The Balaban J connectivity index is 0.00000306. The third-order valence-electron chi connectivity index (χ3n) is 5.18. The highest BCUT2D eigenvalue weighted by Crippen LogP contribution is 2.30. The first-order chi connectivity index (χ1) is 15.2. The first-order valence-electron chi connectivity index (χ1n) is 9.80. The summed E-state index contributed by atoms with van der Waals surface area (Å²) in [4.78, 5) is 50.1. The van der Waals surface area contributed by atoms with E-state index in [9.17, 15) is 18.8 Å². The molecule has 0 N–H and O–H groups in total. The van der Waals surface area contributed by atoms with Gasteiger partial charge in [0, 0.05) is 27.2 Å². The Hall–Kier alpha value is -3.09. The van der Waals surface area contributed by atoms with Crippen molar-refractivity contribution in [2.24, 2.45) is 14.1 Å². The lowest BCUT2D eigenvalue weighted by Crippen LogP contribution is -2.40. The number of likely N-dealkylation sites (N-methyl/N-ethyl adjacent to an activating group) is 1. The molecule has 3 heterocycles. The van der Waals surface area contributed by atoms with Gasteiger partial charge in [0.1, 0.15) is 17.9 Å². The second kappa shape index (κ2) is 9.41. The van der Waals surface area contributed by atoms with Gasteiger partial charge in [0.25, 0.3) is 5.56 Å². The molecule has 0 bridgehead atoms. The molecule has 33 heavy (non-hydrogen) atoms. The van der Waals surface area contributed by atoms with Crippen molar-refractivity contribution in [3.63, 3.8) is 0 Å². The van der Waals surface area contributed by atoms with Crippen molar-refractivity contribution < 1.29 is 9.18 Å². The fourth-order valence-corrected chi connectivity index (χ4v) is 4.42. The Morgan fingerprint density at radius 2 is 1.88 bits per heavy atom. The lowest BCUT2D eigenvalue weighted by atomic mass is 10.3. The minimum Gasteiger partial charge on any atom is -0.315 e. The Labute approximate surface area is 197 Å². The van der Waals surface area contributed by atoms with Gasteiger partial charge in [-0.15, -0.1) is 12.4 Å². The number of benzene rings is 1.